The second kappa shape index (κ2) is 4.76. The van der Waals surface area contributed by atoms with Crippen LogP contribution in [0.5, 0.6) is 0 Å². The van der Waals surface area contributed by atoms with Crippen LogP contribution in [0.4, 0.5) is 0 Å². The zero-order valence-electron chi connectivity index (χ0n) is 8.74. The fourth-order valence-electron chi connectivity index (χ4n) is 1.47. The van der Waals surface area contributed by atoms with Crippen LogP contribution in [0, 0.1) is 6.92 Å². The third-order valence-electron chi connectivity index (χ3n) is 2.23. The topological polar surface area (TPSA) is 30.0 Å². The number of aromatic nitrogens is 1. The van der Waals surface area contributed by atoms with E-state index in [0.717, 1.165) is 33.2 Å². The van der Waals surface area contributed by atoms with Gasteiger partial charge in [-0.15, -0.1) is 11.3 Å². The lowest BCUT2D eigenvalue weighted by Crippen LogP contribution is -1.88. The Balaban J connectivity index is 2.23. The van der Waals surface area contributed by atoms with Crippen molar-refractivity contribution in [3.8, 4) is 0 Å². The predicted octanol–water partition coefficient (Wildman–Crippen LogP) is 3.51. The minimum absolute atomic E-state index is 0.544. The molecule has 1 aromatic carbocycles. The summed E-state index contributed by atoms with van der Waals surface area (Å²) in [5.74, 6) is 0. The van der Waals surface area contributed by atoms with E-state index in [-0.39, 0.29) is 0 Å². The van der Waals surface area contributed by atoms with E-state index in [4.69, 9.17) is 11.6 Å². The zero-order chi connectivity index (χ0) is 11.5. The Morgan fingerprint density at radius 2 is 2.31 bits per heavy atom. The Hall–Kier alpha value is -1.19. The van der Waals surface area contributed by atoms with Crippen LogP contribution in [0.3, 0.4) is 0 Å². The largest absolute Gasteiger partial charge is 0.296 e. The van der Waals surface area contributed by atoms with E-state index in [9.17, 15) is 4.79 Å². The minimum atomic E-state index is 0.544. The molecule has 0 radical (unpaired) electrons. The van der Waals surface area contributed by atoms with Gasteiger partial charge in [-0.2, -0.15) is 0 Å². The highest BCUT2D eigenvalue weighted by atomic mass is 35.5. The molecule has 0 unspecified atom stereocenters. The molecule has 0 saturated heterocycles. The van der Waals surface area contributed by atoms with E-state index in [0.29, 0.717) is 5.69 Å². The van der Waals surface area contributed by atoms with Crippen LogP contribution < -0.4 is 0 Å². The number of rotatable bonds is 3. The van der Waals surface area contributed by atoms with Gasteiger partial charge in [-0.05, 0) is 24.6 Å². The number of carbonyl (C=O) groups is 1. The van der Waals surface area contributed by atoms with Crippen LogP contribution in [0.1, 0.15) is 25.9 Å². The highest BCUT2D eigenvalue weighted by Gasteiger charge is 2.07. The SMILES string of the molecule is Cc1sc(Cc2cccc(Cl)c2)nc1C=O. The van der Waals surface area contributed by atoms with Crippen molar-refractivity contribution in [2.24, 2.45) is 0 Å². The predicted molar refractivity (Wildman–Crippen MR) is 66.5 cm³/mol. The first kappa shape index (κ1) is 11.3. The molecule has 0 N–H and O–H groups in total. The van der Waals surface area contributed by atoms with Gasteiger partial charge in [-0.3, -0.25) is 4.79 Å². The standard InChI is InChI=1S/C12H10ClNOS/c1-8-11(7-15)14-12(16-8)6-9-3-2-4-10(13)5-9/h2-5,7H,6H2,1H3. The number of nitrogens with zero attached hydrogens (tertiary/aromatic N) is 1. The maximum absolute atomic E-state index is 10.7. The summed E-state index contributed by atoms with van der Waals surface area (Å²) in [6.45, 7) is 1.91. The van der Waals surface area contributed by atoms with Crippen LogP contribution in [0.2, 0.25) is 5.02 Å². The smallest absolute Gasteiger partial charge is 0.169 e. The van der Waals surface area contributed by atoms with Gasteiger partial charge >= 0.3 is 0 Å². The molecule has 0 aliphatic carbocycles. The molecule has 0 aliphatic rings. The van der Waals surface area contributed by atoms with Gasteiger partial charge in [0.1, 0.15) is 5.69 Å². The summed E-state index contributed by atoms with van der Waals surface area (Å²) in [4.78, 5) is 15.9. The normalized spacial score (nSPS) is 10.4. The molecule has 0 amide bonds. The number of thiazole rings is 1. The van der Waals surface area contributed by atoms with Gasteiger partial charge < -0.3 is 0 Å². The van der Waals surface area contributed by atoms with Gasteiger partial charge in [0, 0.05) is 16.3 Å². The van der Waals surface area contributed by atoms with Gasteiger partial charge in [0.15, 0.2) is 6.29 Å². The number of hydrogen-bond acceptors (Lipinski definition) is 3. The molecule has 0 bridgehead atoms. The second-order valence-corrected chi connectivity index (χ2v) is 5.20. The fraction of sp³-hybridized carbons (Fsp3) is 0.167. The Kier molecular flexibility index (Phi) is 3.36. The van der Waals surface area contributed by atoms with Crippen LogP contribution in [0.15, 0.2) is 24.3 Å². The Morgan fingerprint density at radius 3 is 2.94 bits per heavy atom. The molecule has 1 aromatic heterocycles. The summed E-state index contributed by atoms with van der Waals surface area (Å²) in [6.07, 6.45) is 1.52. The maximum atomic E-state index is 10.7. The lowest BCUT2D eigenvalue weighted by atomic mass is 10.2. The van der Waals surface area contributed by atoms with Crippen LogP contribution in [0.25, 0.3) is 0 Å². The summed E-state index contributed by atoms with van der Waals surface area (Å²) in [5.41, 5.74) is 1.65. The third-order valence-corrected chi connectivity index (χ3v) is 3.45. The summed E-state index contributed by atoms with van der Waals surface area (Å²) < 4.78 is 0. The molecule has 2 nitrogen and oxygen atoms in total. The van der Waals surface area contributed by atoms with Gasteiger partial charge in [0.25, 0.3) is 0 Å². The first-order valence-electron chi connectivity index (χ1n) is 4.85. The molecular formula is C12H10ClNOS. The van der Waals surface area contributed by atoms with Crippen molar-refractivity contribution in [3.63, 3.8) is 0 Å². The van der Waals surface area contributed by atoms with Crippen molar-refractivity contribution in [1.82, 2.24) is 4.98 Å². The number of aldehydes is 1. The summed E-state index contributed by atoms with van der Waals surface area (Å²) in [6, 6.07) is 7.68. The molecule has 0 spiro atoms. The van der Waals surface area contributed by atoms with E-state index in [1.54, 1.807) is 11.3 Å². The van der Waals surface area contributed by atoms with Gasteiger partial charge in [0.05, 0.1) is 5.01 Å². The van der Waals surface area contributed by atoms with E-state index in [1.165, 1.54) is 0 Å². The quantitative estimate of drug-likeness (QED) is 0.782. The molecule has 0 atom stereocenters. The van der Waals surface area contributed by atoms with Crippen molar-refractivity contribution in [1.29, 1.82) is 0 Å². The average Bonchev–Trinajstić information content (AvgIpc) is 2.58. The van der Waals surface area contributed by atoms with Crippen molar-refractivity contribution in [2.75, 3.05) is 0 Å². The Morgan fingerprint density at radius 1 is 1.50 bits per heavy atom. The zero-order valence-corrected chi connectivity index (χ0v) is 10.3. The third kappa shape index (κ3) is 2.49. The number of aryl methyl sites for hydroxylation is 1. The average molecular weight is 252 g/mol. The van der Waals surface area contributed by atoms with E-state index < -0.39 is 0 Å². The van der Waals surface area contributed by atoms with Gasteiger partial charge in [-0.1, -0.05) is 23.7 Å². The van der Waals surface area contributed by atoms with Crippen LogP contribution in [-0.4, -0.2) is 11.3 Å². The van der Waals surface area contributed by atoms with Crippen LogP contribution in [-0.2, 0) is 6.42 Å². The number of halogens is 1. The highest BCUT2D eigenvalue weighted by Crippen LogP contribution is 2.20. The molecule has 0 saturated carbocycles. The highest BCUT2D eigenvalue weighted by molar-refractivity contribution is 7.11. The first-order chi connectivity index (χ1) is 7.69. The first-order valence-corrected chi connectivity index (χ1v) is 6.04. The van der Waals surface area contributed by atoms with Crippen molar-refractivity contribution < 1.29 is 4.79 Å². The lowest BCUT2D eigenvalue weighted by molar-refractivity contribution is 0.111. The van der Waals surface area contributed by atoms with Gasteiger partial charge in [-0.25, -0.2) is 4.98 Å². The second-order valence-electron chi connectivity index (χ2n) is 3.47. The molecule has 0 aliphatic heterocycles. The minimum Gasteiger partial charge on any atom is -0.296 e. The summed E-state index contributed by atoms with van der Waals surface area (Å²) >= 11 is 7.46. The van der Waals surface area contributed by atoms with Crippen molar-refractivity contribution >= 4 is 29.2 Å². The lowest BCUT2D eigenvalue weighted by Gasteiger charge is -1.97. The molecule has 82 valence electrons. The molecule has 16 heavy (non-hydrogen) atoms. The fourth-order valence-corrected chi connectivity index (χ4v) is 2.62. The van der Waals surface area contributed by atoms with Crippen molar-refractivity contribution in [3.05, 3.63) is 50.4 Å². The molecule has 2 rings (SSSR count). The molecule has 0 fully saturated rings. The molecular weight excluding hydrogens is 242 g/mol. The monoisotopic (exact) mass is 251 g/mol. The number of carbonyl (C=O) groups excluding carboxylic acids is 1. The number of benzene rings is 1. The summed E-state index contributed by atoms with van der Waals surface area (Å²) in [5, 5.41) is 1.67. The van der Waals surface area contributed by atoms with Gasteiger partial charge in [0.2, 0.25) is 0 Å². The molecule has 2 aromatic rings. The van der Waals surface area contributed by atoms with Crippen LogP contribution >= 0.6 is 22.9 Å². The Bertz CT molecular complexity index is 521. The Labute approximate surface area is 103 Å². The summed E-state index contributed by atoms with van der Waals surface area (Å²) in [7, 11) is 0. The van der Waals surface area contributed by atoms with E-state index >= 15 is 0 Å². The van der Waals surface area contributed by atoms with Crippen molar-refractivity contribution in [2.45, 2.75) is 13.3 Å². The molecule has 4 heteroatoms. The van der Waals surface area contributed by atoms with E-state index in [2.05, 4.69) is 4.98 Å². The molecule has 1 heterocycles. The maximum Gasteiger partial charge on any atom is 0.169 e. The number of hydrogen-bond donors (Lipinski definition) is 0. The van der Waals surface area contributed by atoms with E-state index in [1.807, 2.05) is 31.2 Å².